The van der Waals surface area contributed by atoms with Gasteiger partial charge in [0.2, 0.25) is 11.6 Å². The molecule has 0 saturated heterocycles. The molecule has 0 spiro atoms. The number of methoxy groups -OCH3 is 2. The number of amides is 1. The number of ether oxygens (including phenoxy) is 4. The number of unbranched alkanes of at least 4 members (excludes halogenated alkanes) is 1. The van der Waals surface area contributed by atoms with E-state index < -0.39 is 51.4 Å². The maximum atomic E-state index is 13.5. The van der Waals surface area contributed by atoms with Crippen LogP contribution in [-0.2, 0) is 38.6 Å². The Morgan fingerprint density at radius 2 is 1.68 bits per heavy atom. The van der Waals surface area contributed by atoms with Crippen LogP contribution in [0.4, 0.5) is 33.6 Å². The van der Waals surface area contributed by atoms with Crippen LogP contribution in [0.15, 0.2) is 47.5 Å². The van der Waals surface area contributed by atoms with Gasteiger partial charge < -0.3 is 18.9 Å². The average Bonchev–Trinajstić information content (AvgIpc) is 3.55. The van der Waals surface area contributed by atoms with E-state index in [2.05, 4.69) is 52.7 Å². The van der Waals surface area contributed by atoms with Gasteiger partial charge in [-0.3, -0.25) is 9.69 Å². The van der Waals surface area contributed by atoms with Crippen molar-refractivity contribution in [1.82, 2.24) is 19.6 Å². The third kappa shape index (κ3) is 11.0. The van der Waals surface area contributed by atoms with Crippen molar-refractivity contribution < 1.29 is 54.1 Å². The number of nitrogens with zero attached hydrogens (tertiary/aromatic N) is 5. The molecule has 4 rings (SSSR count). The van der Waals surface area contributed by atoms with E-state index in [4.69, 9.17) is 25.8 Å². The first kappa shape index (κ1) is 42.9. The molecule has 13 nitrogen and oxygen atoms in total. The zero-order valence-corrected chi connectivity index (χ0v) is 31.1. The molecular weight excluding hydrogens is 755 g/mol. The zero-order chi connectivity index (χ0) is 39.3. The molecule has 0 atom stereocenters. The topological polar surface area (TPSA) is 146 Å². The molecule has 0 radical (unpaired) electrons. The van der Waals surface area contributed by atoms with Gasteiger partial charge in [-0.1, -0.05) is 51.5 Å². The van der Waals surface area contributed by atoms with E-state index in [0.717, 1.165) is 59.1 Å². The Kier molecular flexibility index (Phi) is 15.8. The number of nitrogens with one attached hydrogen (secondary N) is 1. The summed E-state index contributed by atoms with van der Waals surface area (Å²) in [6.45, 7) is 5.93. The number of anilines is 2. The van der Waals surface area contributed by atoms with Gasteiger partial charge >= 0.3 is 12.2 Å². The highest BCUT2D eigenvalue weighted by Gasteiger charge is 2.40. The Morgan fingerprint density at radius 3 is 2.23 bits per heavy atom. The van der Waals surface area contributed by atoms with Crippen LogP contribution in [-0.4, -0.2) is 80.4 Å². The highest BCUT2D eigenvalue weighted by Crippen LogP contribution is 2.39. The summed E-state index contributed by atoms with van der Waals surface area (Å²) in [7, 11) is -2.56. The minimum absolute atomic E-state index is 0.0294. The van der Waals surface area contributed by atoms with Crippen LogP contribution in [0.3, 0.4) is 0 Å². The Hall–Kier alpha value is -4.49. The molecule has 1 N–H and O–H groups in total. The summed E-state index contributed by atoms with van der Waals surface area (Å²) in [4.78, 5) is 20.3. The lowest BCUT2D eigenvalue weighted by molar-refractivity contribution is -0.140. The van der Waals surface area contributed by atoms with E-state index in [-0.39, 0.29) is 35.9 Å². The number of aromatic nitrogens is 4. The van der Waals surface area contributed by atoms with Gasteiger partial charge in [0.15, 0.2) is 5.75 Å². The van der Waals surface area contributed by atoms with Gasteiger partial charge in [0.1, 0.15) is 29.9 Å². The number of sulfonamides is 1. The summed E-state index contributed by atoms with van der Waals surface area (Å²) >= 11 is 5.78. The molecule has 53 heavy (non-hydrogen) atoms. The van der Waals surface area contributed by atoms with Crippen molar-refractivity contribution in [1.29, 1.82) is 0 Å². The highest BCUT2D eigenvalue weighted by molar-refractivity contribution is 7.92. The van der Waals surface area contributed by atoms with E-state index in [1.54, 1.807) is 9.62 Å². The molecule has 2 aromatic heterocycles. The Labute approximate surface area is 308 Å². The van der Waals surface area contributed by atoms with E-state index in [1.807, 2.05) is 6.07 Å². The lowest BCUT2D eigenvalue weighted by Gasteiger charge is -2.26. The number of alkyl halides is 6. The molecule has 20 heteroatoms. The number of aryl methyl sites for hydroxylation is 2. The van der Waals surface area contributed by atoms with Crippen molar-refractivity contribution in [3.8, 4) is 17.5 Å². The van der Waals surface area contributed by atoms with Crippen molar-refractivity contribution in [2.45, 2.75) is 64.0 Å². The number of benzene rings is 2. The van der Waals surface area contributed by atoms with Crippen LogP contribution < -0.4 is 23.8 Å². The molecule has 0 aliphatic rings. The number of rotatable bonds is 17. The maximum Gasteiger partial charge on any atom is 0.417 e. The smallest absolute Gasteiger partial charge is 0.417 e. The lowest BCUT2D eigenvalue weighted by atomic mass is 10.0. The predicted octanol–water partition coefficient (Wildman–Crippen LogP) is 6.76. The summed E-state index contributed by atoms with van der Waals surface area (Å²) < 4.78 is 114. The summed E-state index contributed by atoms with van der Waals surface area (Å²) in [6, 6.07) is 8.16. The standard InChI is InChI=1S/C17H26ClNO2.C16H14F5N5O5S/c1-4-7-11-21-13-19(16(20)12-18)17-14(5-2)9-8-10-15(17)6-3;1-29-10-6-22-15(30-2)26-13(10)23-14(24-26)25-32(27,28)12-8(16(19,20)21)4-3-5-9(12)31-7-11(17)18/h8-10H,4-7,11-13H2,1-3H3;3-6,11H,7H2,1-2H3,(H,24,25). The van der Waals surface area contributed by atoms with Crippen molar-refractivity contribution in [3.63, 3.8) is 0 Å². The molecule has 0 unspecified atom stereocenters. The molecular formula is C33H40ClF5N6O7S. The molecule has 0 saturated carbocycles. The first-order valence-electron chi connectivity index (χ1n) is 16.2. The molecule has 292 valence electrons. The Morgan fingerprint density at radius 1 is 1.02 bits per heavy atom. The number of para-hydroxylation sites is 1. The number of halogens is 6. The van der Waals surface area contributed by atoms with Gasteiger partial charge in [-0.25, -0.2) is 21.9 Å². The van der Waals surface area contributed by atoms with Crippen LogP contribution >= 0.6 is 11.6 Å². The van der Waals surface area contributed by atoms with Crippen LogP contribution in [0.5, 0.6) is 17.5 Å². The van der Waals surface area contributed by atoms with Crippen molar-refractivity contribution in [3.05, 3.63) is 59.3 Å². The molecule has 2 heterocycles. The second kappa shape index (κ2) is 19.5. The molecule has 0 aliphatic heterocycles. The van der Waals surface area contributed by atoms with Gasteiger partial charge in [0.05, 0.1) is 31.7 Å². The minimum Gasteiger partial charge on any atom is -0.491 e. The molecule has 0 bridgehead atoms. The fourth-order valence-corrected chi connectivity index (χ4v) is 6.35. The summed E-state index contributed by atoms with van der Waals surface area (Å²) in [6.07, 6.45) is -3.16. The SMILES string of the molecule is CCCCOCN(C(=O)CCl)c1c(CC)cccc1CC.COc1cnc(OC)n2nc(NS(=O)(=O)c3c(OCC(F)F)cccc3C(F)(F)F)nc12. The van der Waals surface area contributed by atoms with Crippen LogP contribution in [0.2, 0.25) is 0 Å². The number of carbonyl (C=O) groups excluding carboxylic acids is 1. The maximum absolute atomic E-state index is 13.5. The number of carbonyl (C=O) groups is 1. The third-order valence-corrected chi connectivity index (χ3v) is 9.00. The Bertz CT molecular complexity index is 1870. The number of fused-ring (bicyclic) bond motifs is 1. The van der Waals surface area contributed by atoms with Crippen molar-refractivity contribution >= 4 is 44.8 Å². The van der Waals surface area contributed by atoms with E-state index >= 15 is 0 Å². The predicted molar refractivity (Wildman–Crippen MR) is 187 cm³/mol. The molecule has 0 aliphatic carbocycles. The van der Waals surface area contributed by atoms with Crippen molar-refractivity contribution in [2.24, 2.45) is 0 Å². The minimum atomic E-state index is -5.14. The fraction of sp³-hybridized carbons (Fsp3) is 0.455. The molecule has 2 aromatic carbocycles. The molecule has 1 amide bonds. The summed E-state index contributed by atoms with van der Waals surface area (Å²) in [5.74, 6) is -1.66. The van der Waals surface area contributed by atoms with Gasteiger partial charge in [0.25, 0.3) is 22.4 Å². The van der Waals surface area contributed by atoms with Gasteiger partial charge in [0, 0.05) is 6.61 Å². The largest absolute Gasteiger partial charge is 0.491 e. The van der Waals surface area contributed by atoms with Crippen LogP contribution in [0.25, 0.3) is 5.65 Å². The number of hydrogen-bond donors (Lipinski definition) is 1. The zero-order valence-electron chi connectivity index (χ0n) is 29.5. The van der Waals surface area contributed by atoms with E-state index in [0.29, 0.717) is 12.7 Å². The normalized spacial score (nSPS) is 11.6. The van der Waals surface area contributed by atoms with Gasteiger partial charge in [-0.15, -0.1) is 16.7 Å². The fourth-order valence-electron chi connectivity index (χ4n) is 4.91. The van der Waals surface area contributed by atoms with Crippen molar-refractivity contribution in [2.75, 3.05) is 49.7 Å². The summed E-state index contributed by atoms with van der Waals surface area (Å²) in [5.41, 5.74) is 1.61. The molecule has 4 aromatic rings. The third-order valence-electron chi connectivity index (χ3n) is 7.36. The van der Waals surface area contributed by atoms with E-state index in [1.165, 1.54) is 20.4 Å². The highest BCUT2D eigenvalue weighted by atomic mass is 35.5. The first-order valence-corrected chi connectivity index (χ1v) is 18.2. The summed E-state index contributed by atoms with van der Waals surface area (Å²) in [5, 5.41) is 3.80. The van der Waals surface area contributed by atoms with Crippen LogP contribution in [0.1, 0.15) is 50.3 Å². The first-order chi connectivity index (χ1) is 25.2. The number of hydrogen-bond acceptors (Lipinski definition) is 10. The lowest BCUT2D eigenvalue weighted by Crippen LogP contribution is -2.35. The second-order valence-electron chi connectivity index (χ2n) is 10.9. The average molecular weight is 795 g/mol. The second-order valence-corrected chi connectivity index (χ2v) is 12.8. The van der Waals surface area contributed by atoms with Crippen LogP contribution in [0, 0.1) is 0 Å². The van der Waals surface area contributed by atoms with Gasteiger partial charge in [-0.05, 0) is 42.5 Å². The molecule has 0 fully saturated rings. The van der Waals surface area contributed by atoms with Gasteiger partial charge in [-0.2, -0.15) is 27.7 Å². The van der Waals surface area contributed by atoms with E-state index in [9.17, 15) is 35.2 Å². The monoisotopic (exact) mass is 794 g/mol. The quantitative estimate of drug-likeness (QED) is 0.0527. The Balaban J connectivity index is 0.000000313.